The van der Waals surface area contributed by atoms with Gasteiger partial charge in [0, 0.05) is 30.4 Å². The molecule has 0 spiro atoms. The Kier molecular flexibility index (Phi) is 3.87. The molecule has 2 unspecified atom stereocenters. The molecule has 1 aliphatic carbocycles. The maximum Gasteiger partial charge on any atom is 0.254 e. The Bertz CT molecular complexity index is 541. The number of hydrogen-bond donors (Lipinski definition) is 1. The first kappa shape index (κ1) is 14.4. The van der Waals surface area contributed by atoms with Crippen molar-refractivity contribution in [3.63, 3.8) is 0 Å². The average molecular weight is 287 g/mol. The molecule has 1 amide bonds. The predicted octanol–water partition coefficient (Wildman–Crippen LogP) is 3.26. The van der Waals surface area contributed by atoms with Crippen LogP contribution >= 0.6 is 0 Å². The number of amides is 1. The quantitative estimate of drug-likeness (QED) is 0.924. The SMILES string of the molecule is CCNc1cc(C(=O)N2CC3CCC2C3)cc(C(C)C)n1. The number of aromatic nitrogens is 1. The van der Waals surface area contributed by atoms with Gasteiger partial charge in [0.2, 0.25) is 0 Å². The Hall–Kier alpha value is -1.58. The third kappa shape index (κ3) is 2.76. The summed E-state index contributed by atoms with van der Waals surface area (Å²) in [6.07, 6.45) is 3.68. The van der Waals surface area contributed by atoms with E-state index in [1.165, 1.54) is 19.3 Å². The molecule has 1 aromatic rings. The van der Waals surface area contributed by atoms with E-state index in [4.69, 9.17) is 0 Å². The highest BCUT2D eigenvalue weighted by molar-refractivity contribution is 5.95. The summed E-state index contributed by atoms with van der Waals surface area (Å²) in [4.78, 5) is 19.5. The van der Waals surface area contributed by atoms with Crippen molar-refractivity contribution in [2.75, 3.05) is 18.4 Å². The zero-order valence-electron chi connectivity index (χ0n) is 13.2. The number of anilines is 1. The molecule has 3 rings (SSSR count). The molecule has 2 fully saturated rings. The van der Waals surface area contributed by atoms with Gasteiger partial charge in [-0.25, -0.2) is 4.98 Å². The van der Waals surface area contributed by atoms with Crippen molar-refractivity contribution >= 4 is 11.7 Å². The van der Waals surface area contributed by atoms with Gasteiger partial charge in [-0.1, -0.05) is 13.8 Å². The van der Waals surface area contributed by atoms with Gasteiger partial charge in [0.25, 0.3) is 5.91 Å². The molecule has 2 bridgehead atoms. The van der Waals surface area contributed by atoms with E-state index < -0.39 is 0 Å². The molecular weight excluding hydrogens is 262 g/mol. The van der Waals surface area contributed by atoms with Crippen LogP contribution in [0.4, 0.5) is 5.82 Å². The second kappa shape index (κ2) is 5.66. The fourth-order valence-corrected chi connectivity index (χ4v) is 3.58. The third-order valence-corrected chi connectivity index (χ3v) is 4.71. The number of fused-ring (bicyclic) bond motifs is 2. The molecule has 2 atom stereocenters. The van der Waals surface area contributed by atoms with Crippen LogP contribution in [0.5, 0.6) is 0 Å². The van der Waals surface area contributed by atoms with Crippen molar-refractivity contribution in [3.05, 3.63) is 23.4 Å². The van der Waals surface area contributed by atoms with E-state index in [2.05, 4.69) is 29.0 Å². The molecule has 0 aromatic carbocycles. The van der Waals surface area contributed by atoms with E-state index >= 15 is 0 Å². The Morgan fingerprint density at radius 2 is 2.24 bits per heavy atom. The van der Waals surface area contributed by atoms with Crippen LogP contribution in [0.2, 0.25) is 0 Å². The molecule has 2 aliphatic rings. The topological polar surface area (TPSA) is 45.2 Å². The predicted molar refractivity (Wildman–Crippen MR) is 84.7 cm³/mol. The molecule has 1 saturated heterocycles. The van der Waals surface area contributed by atoms with Crippen LogP contribution in [0.1, 0.15) is 62.0 Å². The lowest BCUT2D eigenvalue weighted by Crippen LogP contribution is -2.37. The fraction of sp³-hybridized carbons (Fsp3) is 0.647. The monoisotopic (exact) mass is 287 g/mol. The summed E-state index contributed by atoms with van der Waals surface area (Å²) in [7, 11) is 0. The molecular formula is C17H25N3O. The van der Waals surface area contributed by atoms with Gasteiger partial charge in [0.05, 0.1) is 0 Å². The third-order valence-electron chi connectivity index (χ3n) is 4.71. The highest BCUT2D eigenvalue weighted by Gasteiger charge is 2.40. The van der Waals surface area contributed by atoms with Crippen LogP contribution in [0.25, 0.3) is 0 Å². The van der Waals surface area contributed by atoms with Crippen molar-refractivity contribution in [2.45, 2.75) is 52.0 Å². The first-order valence-corrected chi connectivity index (χ1v) is 8.15. The van der Waals surface area contributed by atoms with E-state index in [-0.39, 0.29) is 5.91 Å². The molecule has 1 N–H and O–H groups in total. The smallest absolute Gasteiger partial charge is 0.254 e. The average Bonchev–Trinajstić information content (AvgIpc) is 3.09. The maximum atomic E-state index is 12.8. The summed E-state index contributed by atoms with van der Waals surface area (Å²) in [6, 6.07) is 4.35. The second-order valence-corrected chi connectivity index (χ2v) is 6.64. The fourth-order valence-electron chi connectivity index (χ4n) is 3.58. The molecule has 4 nitrogen and oxygen atoms in total. The summed E-state index contributed by atoms with van der Waals surface area (Å²) >= 11 is 0. The van der Waals surface area contributed by atoms with E-state index in [1.54, 1.807) is 0 Å². The molecule has 0 radical (unpaired) electrons. The minimum Gasteiger partial charge on any atom is -0.370 e. The lowest BCUT2D eigenvalue weighted by molar-refractivity contribution is 0.0703. The minimum atomic E-state index is 0.186. The lowest BCUT2D eigenvalue weighted by Gasteiger charge is -2.27. The zero-order valence-corrected chi connectivity index (χ0v) is 13.2. The summed E-state index contributed by atoms with van der Waals surface area (Å²) in [6.45, 7) is 8.04. The number of rotatable bonds is 4. The summed E-state index contributed by atoms with van der Waals surface area (Å²) < 4.78 is 0. The number of nitrogens with zero attached hydrogens (tertiary/aromatic N) is 2. The van der Waals surface area contributed by atoms with Gasteiger partial charge in [-0.05, 0) is 50.2 Å². The Morgan fingerprint density at radius 1 is 1.43 bits per heavy atom. The van der Waals surface area contributed by atoms with Gasteiger partial charge in [0.15, 0.2) is 0 Å². The minimum absolute atomic E-state index is 0.186. The van der Waals surface area contributed by atoms with E-state index in [0.29, 0.717) is 12.0 Å². The molecule has 2 heterocycles. The number of piperidine rings is 1. The highest BCUT2D eigenvalue weighted by atomic mass is 16.2. The van der Waals surface area contributed by atoms with Crippen molar-refractivity contribution in [3.8, 4) is 0 Å². The molecule has 1 aromatic heterocycles. The number of pyridine rings is 1. The number of hydrogen-bond acceptors (Lipinski definition) is 3. The van der Waals surface area contributed by atoms with Gasteiger partial charge >= 0.3 is 0 Å². The van der Waals surface area contributed by atoms with Crippen molar-refractivity contribution in [1.82, 2.24) is 9.88 Å². The van der Waals surface area contributed by atoms with Crippen LogP contribution in [0.15, 0.2) is 12.1 Å². The van der Waals surface area contributed by atoms with Crippen LogP contribution < -0.4 is 5.32 Å². The summed E-state index contributed by atoms with van der Waals surface area (Å²) in [5.41, 5.74) is 1.78. The van der Waals surface area contributed by atoms with Gasteiger partial charge in [-0.15, -0.1) is 0 Å². The highest BCUT2D eigenvalue weighted by Crippen LogP contribution is 2.38. The van der Waals surface area contributed by atoms with E-state index in [9.17, 15) is 4.79 Å². The van der Waals surface area contributed by atoms with E-state index in [0.717, 1.165) is 36.1 Å². The molecule has 114 valence electrons. The Morgan fingerprint density at radius 3 is 2.81 bits per heavy atom. The van der Waals surface area contributed by atoms with Crippen molar-refractivity contribution < 1.29 is 4.79 Å². The lowest BCUT2D eigenvalue weighted by atomic mass is 10.1. The van der Waals surface area contributed by atoms with Gasteiger partial charge < -0.3 is 10.2 Å². The number of carbonyl (C=O) groups is 1. The molecule has 4 heteroatoms. The maximum absolute atomic E-state index is 12.8. The number of carbonyl (C=O) groups excluding carboxylic acids is 1. The number of nitrogens with one attached hydrogen (secondary N) is 1. The van der Waals surface area contributed by atoms with Crippen LogP contribution in [-0.2, 0) is 0 Å². The summed E-state index contributed by atoms with van der Waals surface area (Å²) in [5, 5.41) is 3.24. The van der Waals surface area contributed by atoms with Gasteiger partial charge in [-0.2, -0.15) is 0 Å². The molecule has 1 aliphatic heterocycles. The molecule has 21 heavy (non-hydrogen) atoms. The molecule has 1 saturated carbocycles. The Labute approximate surface area is 126 Å². The number of likely N-dealkylation sites (tertiary alicyclic amines) is 1. The first-order chi connectivity index (χ1) is 10.1. The van der Waals surface area contributed by atoms with Crippen LogP contribution in [0, 0.1) is 5.92 Å². The normalized spacial score (nSPS) is 23.9. The van der Waals surface area contributed by atoms with E-state index in [1.807, 2.05) is 19.1 Å². The zero-order chi connectivity index (χ0) is 15.0. The second-order valence-electron chi connectivity index (χ2n) is 6.64. The van der Waals surface area contributed by atoms with Gasteiger partial charge in [0.1, 0.15) is 5.82 Å². The van der Waals surface area contributed by atoms with Crippen molar-refractivity contribution in [2.24, 2.45) is 5.92 Å². The van der Waals surface area contributed by atoms with Crippen LogP contribution in [-0.4, -0.2) is 34.9 Å². The standard InChI is InChI=1S/C17H25N3O/c1-4-18-16-9-13(8-15(19-16)11(2)3)17(21)20-10-12-5-6-14(20)7-12/h8-9,11-12,14H,4-7,10H2,1-3H3,(H,18,19). The first-order valence-electron chi connectivity index (χ1n) is 8.15. The Balaban J connectivity index is 1.88. The largest absolute Gasteiger partial charge is 0.370 e. The van der Waals surface area contributed by atoms with Crippen molar-refractivity contribution in [1.29, 1.82) is 0 Å². The van der Waals surface area contributed by atoms with Crippen LogP contribution in [0.3, 0.4) is 0 Å². The van der Waals surface area contributed by atoms with Gasteiger partial charge in [-0.3, -0.25) is 4.79 Å². The summed E-state index contributed by atoms with van der Waals surface area (Å²) in [5.74, 6) is 2.06.